The Bertz CT molecular complexity index is 574. The summed E-state index contributed by atoms with van der Waals surface area (Å²) in [7, 11) is -3.29. The predicted molar refractivity (Wildman–Crippen MR) is 75.3 cm³/mol. The van der Waals surface area contributed by atoms with Crippen molar-refractivity contribution >= 4 is 28.2 Å². The zero-order chi connectivity index (χ0) is 13.3. The summed E-state index contributed by atoms with van der Waals surface area (Å²) in [6, 6.07) is 6.14. The van der Waals surface area contributed by atoms with Crippen LogP contribution in [0.4, 0.5) is 0 Å². The lowest BCUT2D eigenvalue weighted by molar-refractivity contribution is 0.0790. The van der Waals surface area contributed by atoms with Crippen molar-refractivity contribution in [3.05, 3.63) is 29.8 Å². The highest BCUT2D eigenvalue weighted by Gasteiger charge is 2.24. The maximum absolute atomic E-state index is 12.1. The quantitative estimate of drug-likeness (QED) is 0.871. The van der Waals surface area contributed by atoms with Gasteiger partial charge in [0.05, 0.1) is 4.90 Å². The molecular formula is C12H17ClN2O3S. The third-order valence-corrected chi connectivity index (χ3v) is 4.13. The maximum Gasteiger partial charge on any atom is 0.253 e. The van der Waals surface area contributed by atoms with Gasteiger partial charge < -0.3 is 10.6 Å². The molecule has 106 valence electrons. The minimum absolute atomic E-state index is 0. The van der Waals surface area contributed by atoms with Crippen LogP contribution in [0.1, 0.15) is 16.8 Å². The summed E-state index contributed by atoms with van der Waals surface area (Å²) in [4.78, 5) is 14.0. The Balaban J connectivity index is 0.00000180. The van der Waals surface area contributed by atoms with Gasteiger partial charge in [0, 0.05) is 31.0 Å². The van der Waals surface area contributed by atoms with E-state index in [1.807, 2.05) is 0 Å². The Morgan fingerprint density at radius 3 is 2.63 bits per heavy atom. The number of halogens is 1. The van der Waals surface area contributed by atoms with E-state index in [2.05, 4.69) is 0 Å². The van der Waals surface area contributed by atoms with Crippen molar-refractivity contribution in [2.75, 3.05) is 19.3 Å². The van der Waals surface area contributed by atoms with E-state index in [0.717, 1.165) is 12.7 Å². The highest BCUT2D eigenvalue weighted by atomic mass is 35.5. The van der Waals surface area contributed by atoms with E-state index >= 15 is 0 Å². The zero-order valence-electron chi connectivity index (χ0n) is 10.6. The van der Waals surface area contributed by atoms with Crippen LogP contribution in [-0.2, 0) is 9.84 Å². The first-order valence-corrected chi connectivity index (χ1v) is 7.62. The van der Waals surface area contributed by atoms with E-state index < -0.39 is 9.84 Å². The lowest BCUT2D eigenvalue weighted by atomic mass is 10.2. The van der Waals surface area contributed by atoms with Gasteiger partial charge in [-0.1, -0.05) is 6.07 Å². The molecule has 1 aromatic carbocycles. The van der Waals surface area contributed by atoms with Crippen molar-refractivity contribution in [1.29, 1.82) is 0 Å². The highest BCUT2D eigenvalue weighted by Crippen LogP contribution is 2.16. The van der Waals surface area contributed by atoms with Crippen LogP contribution in [0, 0.1) is 0 Å². The highest BCUT2D eigenvalue weighted by molar-refractivity contribution is 7.90. The van der Waals surface area contributed by atoms with Crippen molar-refractivity contribution in [1.82, 2.24) is 4.90 Å². The van der Waals surface area contributed by atoms with E-state index in [1.54, 1.807) is 17.0 Å². The molecule has 0 bridgehead atoms. The summed E-state index contributed by atoms with van der Waals surface area (Å²) >= 11 is 0. The normalized spacial score (nSPS) is 19.1. The van der Waals surface area contributed by atoms with E-state index in [1.165, 1.54) is 12.1 Å². The van der Waals surface area contributed by atoms with Crippen molar-refractivity contribution in [3.63, 3.8) is 0 Å². The third kappa shape index (κ3) is 3.68. The van der Waals surface area contributed by atoms with Crippen molar-refractivity contribution < 1.29 is 13.2 Å². The Labute approximate surface area is 119 Å². The number of rotatable bonds is 2. The van der Waals surface area contributed by atoms with Gasteiger partial charge in [-0.15, -0.1) is 12.4 Å². The molecule has 0 saturated carbocycles. The van der Waals surface area contributed by atoms with E-state index in [9.17, 15) is 13.2 Å². The zero-order valence-corrected chi connectivity index (χ0v) is 12.2. The van der Waals surface area contributed by atoms with Crippen LogP contribution in [0.25, 0.3) is 0 Å². The first-order valence-electron chi connectivity index (χ1n) is 5.73. The molecule has 2 rings (SSSR count). The number of sulfone groups is 1. The second kappa shape index (κ2) is 5.90. The minimum Gasteiger partial charge on any atom is -0.337 e. The molecule has 19 heavy (non-hydrogen) atoms. The number of hydrogen-bond acceptors (Lipinski definition) is 4. The largest absolute Gasteiger partial charge is 0.337 e. The molecule has 1 heterocycles. The average Bonchev–Trinajstić information content (AvgIpc) is 2.74. The smallest absolute Gasteiger partial charge is 0.253 e. The van der Waals surface area contributed by atoms with Gasteiger partial charge in [-0.25, -0.2) is 8.42 Å². The summed E-state index contributed by atoms with van der Waals surface area (Å²) in [5, 5.41) is 0. The van der Waals surface area contributed by atoms with Gasteiger partial charge in [-0.2, -0.15) is 0 Å². The Kier molecular flexibility index (Phi) is 4.95. The number of benzene rings is 1. The molecule has 0 radical (unpaired) electrons. The van der Waals surface area contributed by atoms with Gasteiger partial charge >= 0.3 is 0 Å². The molecule has 1 aliphatic heterocycles. The number of likely N-dealkylation sites (tertiary alicyclic amines) is 1. The van der Waals surface area contributed by atoms with Crippen LogP contribution >= 0.6 is 12.4 Å². The van der Waals surface area contributed by atoms with Crippen LogP contribution < -0.4 is 5.73 Å². The van der Waals surface area contributed by atoms with E-state index in [-0.39, 0.29) is 29.3 Å². The molecule has 1 saturated heterocycles. The summed E-state index contributed by atoms with van der Waals surface area (Å²) in [6.45, 7) is 1.16. The van der Waals surface area contributed by atoms with E-state index in [0.29, 0.717) is 18.7 Å². The summed E-state index contributed by atoms with van der Waals surface area (Å²) in [5.74, 6) is -0.159. The third-order valence-electron chi connectivity index (χ3n) is 3.02. The van der Waals surface area contributed by atoms with E-state index in [4.69, 9.17) is 5.73 Å². The SMILES string of the molecule is CS(=O)(=O)c1cccc(C(=O)N2CCC(N)C2)c1.Cl. The van der Waals surface area contributed by atoms with Crippen LogP contribution in [0.2, 0.25) is 0 Å². The molecule has 0 spiro atoms. The maximum atomic E-state index is 12.1. The summed E-state index contributed by atoms with van der Waals surface area (Å²) in [5.41, 5.74) is 6.15. The van der Waals surface area contributed by atoms with Gasteiger partial charge in [-0.3, -0.25) is 4.79 Å². The fraction of sp³-hybridized carbons (Fsp3) is 0.417. The van der Waals surface area contributed by atoms with Crippen LogP contribution in [0.3, 0.4) is 0 Å². The van der Waals surface area contributed by atoms with Crippen molar-refractivity contribution in [2.24, 2.45) is 5.73 Å². The van der Waals surface area contributed by atoms with Gasteiger partial charge in [0.2, 0.25) is 0 Å². The van der Waals surface area contributed by atoms with Gasteiger partial charge in [-0.05, 0) is 24.6 Å². The number of carbonyl (C=O) groups excluding carboxylic acids is 1. The van der Waals surface area contributed by atoms with Gasteiger partial charge in [0.25, 0.3) is 5.91 Å². The van der Waals surface area contributed by atoms with Gasteiger partial charge in [0.1, 0.15) is 0 Å². The minimum atomic E-state index is -3.29. The van der Waals surface area contributed by atoms with Crippen LogP contribution in [-0.4, -0.2) is 44.6 Å². The fourth-order valence-electron chi connectivity index (χ4n) is 2.01. The standard InChI is InChI=1S/C12H16N2O3S.ClH/c1-18(16,17)11-4-2-3-9(7-11)12(15)14-6-5-10(13)8-14;/h2-4,7,10H,5-6,8,13H2,1H3;1H. The Morgan fingerprint density at radius 2 is 2.11 bits per heavy atom. The first-order chi connectivity index (χ1) is 8.38. The molecule has 0 aromatic heterocycles. The molecule has 2 N–H and O–H groups in total. The molecule has 1 fully saturated rings. The number of amides is 1. The Morgan fingerprint density at radius 1 is 1.42 bits per heavy atom. The Hall–Kier alpha value is -1.11. The lowest BCUT2D eigenvalue weighted by Gasteiger charge is -2.16. The first kappa shape index (κ1) is 15.9. The molecule has 7 heteroatoms. The molecule has 1 unspecified atom stereocenters. The number of hydrogen-bond donors (Lipinski definition) is 1. The average molecular weight is 305 g/mol. The molecule has 1 aromatic rings. The van der Waals surface area contributed by atoms with Crippen molar-refractivity contribution in [2.45, 2.75) is 17.4 Å². The topological polar surface area (TPSA) is 80.5 Å². The predicted octanol–water partition coefficient (Wildman–Crippen LogP) is 0.685. The monoisotopic (exact) mass is 304 g/mol. The van der Waals surface area contributed by atoms with Crippen LogP contribution in [0.15, 0.2) is 29.2 Å². The number of nitrogens with zero attached hydrogens (tertiary/aromatic N) is 1. The molecular weight excluding hydrogens is 288 g/mol. The molecule has 5 nitrogen and oxygen atoms in total. The van der Waals surface area contributed by atoms with Crippen molar-refractivity contribution in [3.8, 4) is 0 Å². The number of nitrogens with two attached hydrogens (primary N) is 1. The fourth-order valence-corrected chi connectivity index (χ4v) is 2.68. The van der Waals surface area contributed by atoms with Crippen LogP contribution in [0.5, 0.6) is 0 Å². The summed E-state index contributed by atoms with van der Waals surface area (Å²) < 4.78 is 22.9. The molecule has 1 amide bonds. The second-order valence-electron chi connectivity index (χ2n) is 4.60. The molecule has 1 atom stereocenters. The van der Waals surface area contributed by atoms with Gasteiger partial charge in [0.15, 0.2) is 9.84 Å². The summed E-state index contributed by atoms with van der Waals surface area (Å²) in [6.07, 6.45) is 1.92. The molecule has 1 aliphatic rings. The lowest BCUT2D eigenvalue weighted by Crippen LogP contribution is -2.31. The number of carbonyl (C=O) groups is 1. The molecule has 0 aliphatic carbocycles. The second-order valence-corrected chi connectivity index (χ2v) is 6.62.